The average Bonchev–Trinajstić information content (AvgIpc) is 2.56. The third kappa shape index (κ3) is 3.66. The molecule has 118 valence electrons. The number of aliphatic carboxylic acids is 1. The zero-order valence-corrected chi connectivity index (χ0v) is 12.7. The molecule has 0 saturated heterocycles. The Labute approximate surface area is 134 Å². The molecule has 0 fully saturated rings. The molecule has 1 heterocycles. The molecule has 4 heteroatoms. The van der Waals surface area contributed by atoms with Gasteiger partial charge in [0.2, 0.25) is 0 Å². The van der Waals surface area contributed by atoms with Crippen molar-refractivity contribution in [2.75, 3.05) is 6.54 Å². The molecule has 1 N–H and O–H groups in total. The highest BCUT2D eigenvalue weighted by molar-refractivity contribution is 5.74. The van der Waals surface area contributed by atoms with Crippen LogP contribution < -0.4 is 0 Å². The maximum Gasteiger partial charge on any atom is 0.321 e. The molecule has 2 aromatic carbocycles. The van der Waals surface area contributed by atoms with Crippen LogP contribution in [0, 0.1) is 5.82 Å². The van der Waals surface area contributed by atoms with Crippen LogP contribution in [0.2, 0.25) is 0 Å². The summed E-state index contributed by atoms with van der Waals surface area (Å²) in [4.78, 5) is 13.5. The van der Waals surface area contributed by atoms with E-state index in [4.69, 9.17) is 0 Å². The first kappa shape index (κ1) is 15.4. The maximum atomic E-state index is 12.9. The van der Waals surface area contributed by atoms with Crippen LogP contribution in [0.25, 0.3) is 6.08 Å². The Bertz CT molecular complexity index is 724. The molecule has 0 radical (unpaired) electrons. The van der Waals surface area contributed by atoms with Crippen molar-refractivity contribution in [1.82, 2.24) is 4.90 Å². The first-order valence-corrected chi connectivity index (χ1v) is 7.59. The second-order valence-electron chi connectivity index (χ2n) is 5.71. The van der Waals surface area contributed by atoms with Crippen LogP contribution in [0.1, 0.15) is 16.7 Å². The molecule has 0 unspecified atom stereocenters. The van der Waals surface area contributed by atoms with Crippen LogP contribution in [0.3, 0.4) is 0 Å². The molecule has 0 aromatic heterocycles. The SMILES string of the molecule is O=C(O)[C@H]1Cc2ccccc2CN1C/C=C/c1ccc(F)cc1. The minimum atomic E-state index is -0.797. The van der Waals surface area contributed by atoms with Crippen LogP contribution in [-0.2, 0) is 17.8 Å². The highest BCUT2D eigenvalue weighted by Gasteiger charge is 2.30. The standard InChI is InChI=1S/C19H18FNO2/c20-17-9-7-14(8-10-17)4-3-11-21-13-16-6-2-1-5-15(16)12-18(21)19(22)23/h1-10,18H,11-13H2,(H,22,23)/b4-3+/t18-/m1/s1. The maximum absolute atomic E-state index is 12.9. The fraction of sp³-hybridized carbons (Fsp3) is 0.211. The van der Waals surface area contributed by atoms with E-state index < -0.39 is 12.0 Å². The number of benzene rings is 2. The first-order chi connectivity index (χ1) is 11.1. The molecule has 3 rings (SSSR count). The van der Waals surface area contributed by atoms with E-state index in [0.29, 0.717) is 19.5 Å². The summed E-state index contributed by atoms with van der Waals surface area (Å²) in [7, 11) is 0. The van der Waals surface area contributed by atoms with E-state index >= 15 is 0 Å². The van der Waals surface area contributed by atoms with E-state index in [-0.39, 0.29) is 5.82 Å². The fourth-order valence-corrected chi connectivity index (χ4v) is 2.91. The lowest BCUT2D eigenvalue weighted by Gasteiger charge is -2.33. The third-order valence-electron chi connectivity index (χ3n) is 4.15. The fourth-order valence-electron chi connectivity index (χ4n) is 2.91. The van der Waals surface area contributed by atoms with Gasteiger partial charge in [0, 0.05) is 13.1 Å². The van der Waals surface area contributed by atoms with Crippen molar-refractivity contribution >= 4 is 12.0 Å². The van der Waals surface area contributed by atoms with Crippen LogP contribution in [0.4, 0.5) is 4.39 Å². The Balaban J connectivity index is 1.72. The molecule has 3 nitrogen and oxygen atoms in total. The average molecular weight is 311 g/mol. The smallest absolute Gasteiger partial charge is 0.321 e. The predicted molar refractivity (Wildman–Crippen MR) is 87.4 cm³/mol. The Morgan fingerprint density at radius 2 is 1.87 bits per heavy atom. The van der Waals surface area contributed by atoms with Crippen molar-refractivity contribution in [2.45, 2.75) is 19.0 Å². The molecule has 1 atom stereocenters. The second kappa shape index (κ2) is 6.75. The normalized spacial score (nSPS) is 18.0. The summed E-state index contributed by atoms with van der Waals surface area (Å²) in [5.41, 5.74) is 3.19. The highest BCUT2D eigenvalue weighted by Crippen LogP contribution is 2.23. The summed E-state index contributed by atoms with van der Waals surface area (Å²) in [6.45, 7) is 1.17. The van der Waals surface area contributed by atoms with E-state index in [0.717, 1.165) is 11.1 Å². The Hall–Kier alpha value is -2.46. The van der Waals surface area contributed by atoms with E-state index in [1.807, 2.05) is 41.3 Å². The molecule has 1 aliphatic heterocycles. The Morgan fingerprint density at radius 3 is 2.57 bits per heavy atom. The predicted octanol–water partition coefficient (Wildman–Crippen LogP) is 3.35. The number of hydrogen-bond acceptors (Lipinski definition) is 2. The van der Waals surface area contributed by atoms with Gasteiger partial charge in [0.25, 0.3) is 0 Å². The van der Waals surface area contributed by atoms with Crippen molar-refractivity contribution in [3.8, 4) is 0 Å². The minimum Gasteiger partial charge on any atom is -0.480 e. The molecular formula is C19H18FNO2. The summed E-state index contributed by atoms with van der Waals surface area (Å²) in [5.74, 6) is -1.06. The van der Waals surface area contributed by atoms with Gasteiger partial charge < -0.3 is 5.11 Å². The number of carboxylic acid groups (broad SMARTS) is 1. The van der Waals surface area contributed by atoms with Crippen molar-refractivity contribution in [3.63, 3.8) is 0 Å². The molecular weight excluding hydrogens is 293 g/mol. The van der Waals surface area contributed by atoms with Crippen LogP contribution >= 0.6 is 0 Å². The van der Waals surface area contributed by atoms with Gasteiger partial charge in [-0.3, -0.25) is 9.69 Å². The largest absolute Gasteiger partial charge is 0.480 e. The van der Waals surface area contributed by atoms with Gasteiger partial charge in [-0.15, -0.1) is 0 Å². The number of rotatable bonds is 4. The summed E-state index contributed by atoms with van der Waals surface area (Å²) < 4.78 is 12.9. The molecule has 0 spiro atoms. The minimum absolute atomic E-state index is 0.263. The van der Waals surface area contributed by atoms with E-state index in [1.165, 1.54) is 17.7 Å². The van der Waals surface area contributed by atoms with Gasteiger partial charge in [-0.2, -0.15) is 0 Å². The van der Waals surface area contributed by atoms with Gasteiger partial charge in [0.05, 0.1) is 0 Å². The number of nitrogens with zero attached hydrogens (tertiary/aromatic N) is 1. The van der Waals surface area contributed by atoms with Gasteiger partial charge in [-0.1, -0.05) is 48.6 Å². The van der Waals surface area contributed by atoms with Crippen LogP contribution in [-0.4, -0.2) is 28.6 Å². The number of halogens is 1. The number of hydrogen-bond donors (Lipinski definition) is 1. The lowest BCUT2D eigenvalue weighted by Crippen LogP contribution is -2.45. The zero-order valence-electron chi connectivity index (χ0n) is 12.7. The summed E-state index contributed by atoms with van der Waals surface area (Å²) >= 11 is 0. The summed E-state index contributed by atoms with van der Waals surface area (Å²) in [6, 6.07) is 13.7. The monoisotopic (exact) mass is 311 g/mol. The van der Waals surface area contributed by atoms with Crippen LogP contribution in [0.5, 0.6) is 0 Å². The van der Waals surface area contributed by atoms with Gasteiger partial charge in [-0.25, -0.2) is 4.39 Å². The number of carbonyl (C=O) groups is 1. The van der Waals surface area contributed by atoms with Gasteiger partial charge >= 0.3 is 5.97 Å². The lowest BCUT2D eigenvalue weighted by molar-refractivity contribution is -0.143. The van der Waals surface area contributed by atoms with E-state index in [9.17, 15) is 14.3 Å². The Kier molecular flexibility index (Phi) is 4.53. The molecule has 2 aromatic rings. The molecule has 0 saturated carbocycles. The highest BCUT2D eigenvalue weighted by atomic mass is 19.1. The number of fused-ring (bicyclic) bond motifs is 1. The van der Waals surface area contributed by atoms with Gasteiger partial charge in [-0.05, 0) is 35.2 Å². The van der Waals surface area contributed by atoms with E-state index in [2.05, 4.69) is 0 Å². The molecule has 0 aliphatic carbocycles. The first-order valence-electron chi connectivity index (χ1n) is 7.59. The van der Waals surface area contributed by atoms with Crippen molar-refractivity contribution in [2.24, 2.45) is 0 Å². The summed E-state index contributed by atoms with van der Waals surface area (Å²) in [6.07, 6.45) is 4.34. The molecule has 23 heavy (non-hydrogen) atoms. The van der Waals surface area contributed by atoms with Gasteiger partial charge in [0.1, 0.15) is 11.9 Å². The third-order valence-corrected chi connectivity index (χ3v) is 4.15. The van der Waals surface area contributed by atoms with Crippen molar-refractivity contribution in [3.05, 3.63) is 77.1 Å². The van der Waals surface area contributed by atoms with Crippen molar-refractivity contribution in [1.29, 1.82) is 0 Å². The van der Waals surface area contributed by atoms with Gasteiger partial charge in [0.15, 0.2) is 0 Å². The van der Waals surface area contributed by atoms with Crippen LogP contribution in [0.15, 0.2) is 54.6 Å². The Morgan fingerprint density at radius 1 is 1.17 bits per heavy atom. The quantitative estimate of drug-likeness (QED) is 0.941. The molecule has 1 aliphatic rings. The zero-order chi connectivity index (χ0) is 16.2. The molecule has 0 amide bonds. The van der Waals surface area contributed by atoms with Crippen molar-refractivity contribution < 1.29 is 14.3 Å². The lowest BCUT2D eigenvalue weighted by atomic mass is 9.94. The second-order valence-corrected chi connectivity index (χ2v) is 5.71. The van der Waals surface area contributed by atoms with E-state index in [1.54, 1.807) is 12.1 Å². The number of carboxylic acids is 1. The summed E-state index contributed by atoms with van der Waals surface area (Å²) in [5, 5.41) is 9.47. The molecule has 0 bridgehead atoms. The topological polar surface area (TPSA) is 40.5 Å².